The molecule has 0 atom stereocenters. The van der Waals surface area contributed by atoms with Crippen molar-refractivity contribution in [2.24, 2.45) is 0 Å². The van der Waals surface area contributed by atoms with Crippen LogP contribution in [0, 0.1) is 13.8 Å². The Bertz CT molecular complexity index is 812. The predicted octanol–water partition coefficient (Wildman–Crippen LogP) is 4.81. The minimum Gasteiger partial charge on any atom is -0.461 e. The highest BCUT2D eigenvalue weighted by Crippen LogP contribution is 2.35. The van der Waals surface area contributed by atoms with E-state index in [2.05, 4.69) is 9.97 Å². The van der Waals surface area contributed by atoms with E-state index in [9.17, 15) is 9.59 Å². The molecule has 0 unspecified atom stereocenters. The lowest BCUT2D eigenvalue weighted by Crippen LogP contribution is -2.11. The number of halogens is 1. The molecule has 7 heteroatoms. The first kappa shape index (κ1) is 23.1. The van der Waals surface area contributed by atoms with E-state index in [0.29, 0.717) is 30.5 Å². The number of hydrogen-bond acceptors (Lipinski definition) is 4. The van der Waals surface area contributed by atoms with Gasteiger partial charge in [-0.05, 0) is 62.8 Å². The van der Waals surface area contributed by atoms with Gasteiger partial charge in [0.1, 0.15) is 11.4 Å². The molecule has 0 spiro atoms. The summed E-state index contributed by atoms with van der Waals surface area (Å²) in [5, 5.41) is 0. The third-order valence-electron chi connectivity index (χ3n) is 5.34. The highest BCUT2D eigenvalue weighted by Gasteiger charge is 2.29. The van der Waals surface area contributed by atoms with E-state index in [4.69, 9.17) is 21.1 Å². The number of hydrogen-bond donors (Lipinski definition) is 2. The van der Waals surface area contributed by atoms with Crippen LogP contribution in [0.3, 0.4) is 0 Å². The van der Waals surface area contributed by atoms with Gasteiger partial charge in [-0.3, -0.25) is 0 Å². The van der Waals surface area contributed by atoms with Crippen LogP contribution >= 0.6 is 11.6 Å². The predicted molar refractivity (Wildman–Crippen MR) is 114 cm³/mol. The number of H-pyrrole nitrogens is 2. The van der Waals surface area contributed by atoms with Crippen molar-refractivity contribution in [1.29, 1.82) is 0 Å². The van der Waals surface area contributed by atoms with Crippen molar-refractivity contribution in [2.75, 3.05) is 19.1 Å². The largest absolute Gasteiger partial charge is 0.461 e. The first-order valence-electron chi connectivity index (χ1n) is 10.2. The molecule has 6 nitrogen and oxygen atoms in total. The molecule has 2 heterocycles. The maximum atomic E-state index is 12.4. The van der Waals surface area contributed by atoms with Gasteiger partial charge in [0.2, 0.25) is 0 Å². The molecular formula is C22H31ClN2O4. The van der Waals surface area contributed by atoms with Crippen LogP contribution in [-0.2, 0) is 22.3 Å². The second kappa shape index (κ2) is 10.0. The van der Waals surface area contributed by atoms with Crippen LogP contribution in [0.1, 0.15) is 88.2 Å². The molecule has 2 N–H and O–H groups in total. The Morgan fingerprint density at radius 3 is 1.48 bits per heavy atom. The average Bonchev–Trinajstić information content (AvgIpc) is 3.20. The number of alkyl halides is 1. The zero-order valence-electron chi connectivity index (χ0n) is 18.1. The molecule has 0 saturated heterocycles. The maximum Gasteiger partial charge on any atom is 0.355 e. The summed E-state index contributed by atoms with van der Waals surface area (Å²) in [6.07, 6.45) is 1.49. The van der Waals surface area contributed by atoms with Gasteiger partial charge in [-0.25, -0.2) is 9.59 Å². The fourth-order valence-corrected chi connectivity index (χ4v) is 4.24. The minimum absolute atomic E-state index is 0.217. The van der Waals surface area contributed by atoms with E-state index >= 15 is 0 Å². The molecule has 2 aromatic rings. The summed E-state index contributed by atoms with van der Waals surface area (Å²) in [6.45, 7) is 12.1. The number of aromatic amines is 2. The second-order valence-electron chi connectivity index (χ2n) is 6.89. The van der Waals surface area contributed by atoms with Crippen LogP contribution in [0.15, 0.2) is 0 Å². The van der Waals surface area contributed by atoms with Crippen LogP contribution < -0.4 is 0 Å². The molecular weight excluding hydrogens is 392 g/mol. The van der Waals surface area contributed by atoms with Gasteiger partial charge in [0.25, 0.3) is 0 Å². The van der Waals surface area contributed by atoms with Gasteiger partial charge in [-0.2, -0.15) is 0 Å². The Balaban J connectivity index is 2.62. The van der Waals surface area contributed by atoms with Crippen molar-refractivity contribution in [1.82, 2.24) is 9.97 Å². The van der Waals surface area contributed by atoms with E-state index in [1.165, 1.54) is 0 Å². The minimum atomic E-state index is -0.370. The first-order chi connectivity index (χ1) is 13.9. The molecule has 0 fully saturated rings. The van der Waals surface area contributed by atoms with Gasteiger partial charge in [0.15, 0.2) is 0 Å². The summed E-state index contributed by atoms with van der Waals surface area (Å²) in [7, 11) is 0. The summed E-state index contributed by atoms with van der Waals surface area (Å²) in [5.41, 5.74) is 6.53. The topological polar surface area (TPSA) is 84.2 Å². The summed E-state index contributed by atoms with van der Waals surface area (Å²) in [6, 6.07) is 0. The van der Waals surface area contributed by atoms with Gasteiger partial charge in [-0.15, -0.1) is 11.6 Å². The van der Waals surface area contributed by atoms with Crippen molar-refractivity contribution in [3.8, 4) is 0 Å². The molecule has 0 aliphatic rings. The monoisotopic (exact) mass is 422 g/mol. The van der Waals surface area contributed by atoms with E-state index < -0.39 is 0 Å². The standard InChI is InChI=1S/C22H31ClN2O4/c1-7-14-12(5)17(21(26)28-9-3)24-19(14)16(11-23)20-15(8-2)13(6)18(25-20)22(27)29-10-4/h16,24-25H,7-11H2,1-6H3. The average molecular weight is 423 g/mol. The van der Waals surface area contributed by atoms with Crippen LogP contribution in [0.25, 0.3) is 0 Å². The highest BCUT2D eigenvalue weighted by molar-refractivity contribution is 6.18. The van der Waals surface area contributed by atoms with Crippen LogP contribution in [0.5, 0.6) is 0 Å². The van der Waals surface area contributed by atoms with Crippen molar-refractivity contribution in [2.45, 2.75) is 60.3 Å². The molecule has 0 aromatic carbocycles. The molecule has 160 valence electrons. The van der Waals surface area contributed by atoms with E-state index in [1.807, 2.05) is 27.7 Å². The van der Waals surface area contributed by atoms with Gasteiger partial charge < -0.3 is 19.4 Å². The van der Waals surface area contributed by atoms with Gasteiger partial charge in [-0.1, -0.05) is 13.8 Å². The maximum absolute atomic E-state index is 12.4. The number of aromatic nitrogens is 2. The molecule has 2 rings (SSSR count). The highest BCUT2D eigenvalue weighted by atomic mass is 35.5. The lowest BCUT2D eigenvalue weighted by Gasteiger charge is -2.16. The Morgan fingerprint density at radius 2 is 1.21 bits per heavy atom. The number of carbonyl (C=O) groups is 2. The van der Waals surface area contributed by atoms with Gasteiger partial charge in [0.05, 0.1) is 19.1 Å². The van der Waals surface area contributed by atoms with Crippen molar-refractivity contribution in [3.63, 3.8) is 0 Å². The molecule has 0 saturated carbocycles. The number of nitrogens with one attached hydrogen (secondary N) is 2. The van der Waals surface area contributed by atoms with Crippen molar-refractivity contribution in [3.05, 3.63) is 45.0 Å². The third-order valence-corrected chi connectivity index (χ3v) is 5.65. The van der Waals surface area contributed by atoms with E-state index in [1.54, 1.807) is 13.8 Å². The molecule has 29 heavy (non-hydrogen) atoms. The zero-order valence-corrected chi connectivity index (χ0v) is 18.9. The second-order valence-corrected chi connectivity index (χ2v) is 7.20. The smallest absolute Gasteiger partial charge is 0.355 e. The van der Waals surface area contributed by atoms with E-state index in [0.717, 1.165) is 46.5 Å². The fourth-order valence-electron chi connectivity index (χ4n) is 3.93. The van der Waals surface area contributed by atoms with Crippen LogP contribution in [0.4, 0.5) is 0 Å². The van der Waals surface area contributed by atoms with Crippen molar-refractivity contribution < 1.29 is 19.1 Å². The first-order valence-corrected chi connectivity index (χ1v) is 10.7. The Morgan fingerprint density at radius 1 is 0.828 bits per heavy atom. The Hall–Kier alpha value is -2.21. The SMILES string of the molecule is CCOC(=O)c1[nH]c(C(CCl)c2[nH]c(C(=O)OCC)c(C)c2CC)c(CC)c1C. The molecule has 0 bridgehead atoms. The van der Waals surface area contributed by atoms with Gasteiger partial charge in [0, 0.05) is 17.3 Å². The molecule has 0 amide bonds. The Kier molecular flexibility index (Phi) is 7.96. The number of esters is 2. The molecule has 2 aromatic heterocycles. The molecule has 0 aliphatic heterocycles. The normalized spacial score (nSPS) is 11.2. The molecule has 0 aliphatic carbocycles. The lowest BCUT2D eigenvalue weighted by atomic mass is 9.93. The number of ether oxygens (including phenoxy) is 2. The summed E-state index contributed by atoms with van der Waals surface area (Å²) < 4.78 is 10.4. The van der Waals surface area contributed by atoms with E-state index in [-0.39, 0.29) is 17.9 Å². The lowest BCUT2D eigenvalue weighted by molar-refractivity contribution is 0.0510. The summed E-state index contributed by atoms with van der Waals surface area (Å²) in [4.78, 5) is 31.3. The fraction of sp³-hybridized carbons (Fsp3) is 0.545. The molecule has 0 radical (unpaired) electrons. The quantitative estimate of drug-likeness (QED) is 0.448. The van der Waals surface area contributed by atoms with Crippen molar-refractivity contribution >= 4 is 23.5 Å². The van der Waals surface area contributed by atoms with Gasteiger partial charge >= 0.3 is 11.9 Å². The number of rotatable bonds is 9. The third kappa shape index (κ3) is 4.37. The van der Waals surface area contributed by atoms with Crippen LogP contribution in [-0.4, -0.2) is 41.0 Å². The summed E-state index contributed by atoms with van der Waals surface area (Å²) in [5.74, 6) is -0.662. The number of carbonyl (C=O) groups excluding carboxylic acids is 2. The summed E-state index contributed by atoms with van der Waals surface area (Å²) >= 11 is 6.43. The zero-order chi connectivity index (χ0) is 21.7. The van der Waals surface area contributed by atoms with Crippen LogP contribution in [0.2, 0.25) is 0 Å². The Labute approximate surface area is 177 Å².